The van der Waals surface area contributed by atoms with Crippen molar-refractivity contribution >= 4 is 28.5 Å². The van der Waals surface area contributed by atoms with Crippen LogP contribution in [0.25, 0.3) is 11.1 Å². The van der Waals surface area contributed by atoms with Crippen molar-refractivity contribution in [1.82, 2.24) is 4.98 Å². The second kappa shape index (κ2) is 2.98. The molecule has 0 aliphatic carbocycles. The van der Waals surface area contributed by atoms with Crippen LogP contribution in [0.2, 0.25) is 0 Å². The maximum absolute atomic E-state index is 10.1. The number of carbonyl (C=O) groups is 1. The zero-order chi connectivity index (χ0) is 8.39. The summed E-state index contributed by atoms with van der Waals surface area (Å²) < 4.78 is 5.23. The quantitative estimate of drug-likeness (QED) is 0.523. The van der Waals surface area contributed by atoms with E-state index in [9.17, 15) is 4.79 Å². The molecule has 1 aromatic heterocycles. The molecule has 12 heavy (non-hydrogen) atoms. The highest BCUT2D eigenvalue weighted by molar-refractivity contribution is 8.11. The first kappa shape index (κ1) is 7.36. The second-order valence-corrected chi connectivity index (χ2v) is 2.94. The van der Waals surface area contributed by atoms with Crippen LogP contribution in [0, 0.1) is 0 Å². The van der Waals surface area contributed by atoms with Crippen LogP contribution in [0.1, 0.15) is 0 Å². The number of aromatic nitrogens is 1. The summed E-state index contributed by atoms with van der Waals surface area (Å²) in [6.45, 7) is 0. The Kier molecular flexibility index (Phi) is 1.83. The average molecular weight is 179 g/mol. The zero-order valence-corrected chi connectivity index (χ0v) is 6.88. The topological polar surface area (TPSA) is 43.1 Å². The Morgan fingerprint density at radius 3 is 3.00 bits per heavy atom. The second-order valence-electron chi connectivity index (χ2n) is 2.16. The summed E-state index contributed by atoms with van der Waals surface area (Å²) in [6, 6.07) is 7.40. The van der Waals surface area contributed by atoms with Gasteiger partial charge in [0.1, 0.15) is 5.52 Å². The van der Waals surface area contributed by atoms with Gasteiger partial charge < -0.3 is 4.42 Å². The van der Waals surface area contributed by atoms with E-state index in [1.807, 2.05) is 24.3 Å². The Morgan fingerprint density at radius 2 is 2.25 bits per heavy atom. The maximum Gasteiger partial charge on any atom is 0.264 e. The molecule has 1 heterocycles. The van der Waals surface area contributed by atoms with Crippen LogP contribution in [-0.2, 0) is 4.79 Å². The number of thioether (sulfide) groups is 1. The van der Waals surface area contributed by atoms with Crippen LogP contribution in [0.3, 0.4) is 0 Å². The van der Waals surface area contributed by atoms with E-state index in [1.54, 1.807) is 0 Å². The lowest BCUT2D eigenvalue weighted by molar-refractivity contribution is 0.490. The van der Waals surface area contributed by atoms with Gasteiger partial charge in [-0.2, -0.15) is 0 Å². The van der Waals surface area contributed by atoms with E-state index in [4.69, 9.17) is 4.42 Å². The molecular weight excluding hydrogens is 174 g/mol. The molecule has 0 saturated carbocycles. The van der Waals surface area contributed by atoms with Gasteiger partial charge in [0.05, 0.1) is 0 Å². The van der Waals surface area contributed by atoms with Crippen molar-refractivity contribution in [3.63, 3.8) is 0 Å². The molecule has 0 spiro atoms. The molecule has 0 radical (unpaired) electrons. The molecule has 0 aliphatic rings. The normalized spacial score (nSPS) is 10.3. The van der Waals surface area contributed by atoms with Crippen molar-refractivity contribution in [2.75, 3.05) is 0 Å². The SMILES string of the molecule is O=CSc1nc2ccccc2o1. The van der Waals surface area contributed by atoms with Gasteiger partial charge in [0.25, 0.3) is 5.22 Å². The lowest BCUT2D eigenvalue weighted by Crippen LogP contribution is -1.67. The molecule has 4 heteroatoms. The molecule has 2 aromatic rings. The summed E-state index contributed by atoms with van der Waals surface area (Å²) in [5.74, 6) is 0. The Balaban J connectivity index is 2.54. The third-order valence-corrected chi connectivity index (χ3v) is 1.90. The zero-order valence-electron chi connectivity index (χ0n) is 6.06. The lowest BCUT2D eigenvalue weighted by atomic mass is 10.3. The molecule has 2 rings (SSSR count). The first-order valence-corrected chi connectivity index (χ1v) is 4.24. The van der Waals surface area contributed by atoms with E-state index >= 15 is 0 Å². The monoisotopic (exact) mass is 179 g/mol. The largest absolute Gasteiger partial charge is 0.431 e. The van der Waals surface area contributed by atoms with Crippen LogP contribution >= 0.6 is 11.8 Å². The van der Waals surface area contributed by atoms with Gasteiger partial charge in [0, 0.05) is 11.8 Å². The van der Waals surface area contributed by atoms with E-state index in [1.165, 1.54) is 0 Å². The van der Waals surface area contributed by atoms with Crippen LogP contribution in [0.4, 0.5) is 0 Å². The van der Waals surface area contributed by atoms with Gasteiger partial charge in [0.2, 0.25) is 0 Å². The number of oxazole rings is 1. The van der Waals surface area contributed by atoms with Crippen molar-refractivity contribution in [3.05, 3.63) is 24.3 Å². The number of rotatable bonds is 2. The fourth-order valence-corrected chi connectivity index (χ4v) is 1.31. The van der Waals surface area contributed by atoms with Crippen molar-refractivity contribution in [3.8, 4) is 0 Å². The highest BCUT2D eigenvalue weighted by Gasteiger charge is 2.03. The smallest absolute Gasteiger partial charge is 0.264 e. The van der Waals surface area contributed by atoms with E-state index in [0.717, 1.165) is 17.3 Å². The highest BCUT2D eigenvalue weighted by Crippen LogP contribution is 2.20. The van der Waals surface area contributed by atoms with E-state index in [-0.39, 0.29) is 0 Å². The molecule has 0 N–H and O–H groups in total. The number of para-hydroxylation sites is 2. The molecule has 0 bridgehead atoms. The number of hydrogen-bond donors (Lipinski definition) is 0. The molecular formula is C8H5NO2S. The van der Waals surface area contributed by atoms with Gasteiger partial charge in [-0.15, -0.1) is 0 Å². The van der Waals surface area contributed by atoms with Gasteiger partial charge in [-0.1, -0.05) is 12.1 Å². The van der Waals surface area contributed by atoms with Crippen LogP contribution in [0.15, 0.2) is 33.9 Å². The van der Waals surface area contributed by atoms with Gasteiger partial charge in [-0.3, -0.25) is 4.79 Å². The standard InChI is InChI=1S/C8H5NO2S/c10-5-12-8-9-6-3-1-2-4-7(6)11-8/h1-5H. The Hall–Kier alpha value is -1.29. The first-order chi connectivity index (χ1) is 5.90. The average Bonchev–Trinajstić information content (AvgIpc) is 2.47. The summed E-state index contributed by atoms with van der Waals surface area (Å²) in [5.41, 5.74) is 2.19. The summed E-state index contributed by atoms with van der Waals surface area (Å²) in [4.78, 5) is 14.2. The van der Waals surface area contributed by atoms with Gasteiger partial charge >= 0.3 is 0 Å². The lowest BCUT2D eigenvalue weighted by Gasteiger charge is -1.80. The Labute approximate surface area is 72.8 Å². The minimum atomic E-state index is 0.395. The summed E-state index contributed by atoms with van der Waals surface area (Å²) in [6.07, 6.45) is 0. The number of fused-ring (bicyclic) bond motifs is 1. The minimum Gasteiger partial charge on any atom is -0.431 e. The van der Waals surface area contributed by atoms with Crippen molar-refractivity contribution in [2.24, 2.45) is 0 Å². The van der Waals surface area contributed by atoms with Crippen LogP contribution < -0.4 is 0 Å². The van der Waals surface area contributed by atoms with Gasteiger partial charge in [-0.05, 0) is 12.1 Å². The number of carbonyl (C=O) groups excluding carboxylic acids is 1. The Morgan fingerprint density at radius 1 is 1.42 bits per heavy atom. The molecule has 0 fully saturated rings. The molecule has 0 amide bonds. The van der Waals surface area contributed by atoms with Crippen LogP contribution in [-0.4, -0.2) is 10.6 Å². The number of hydrogen-bond acceptors (Lipinski definition) is 4. The molecule has 0 saturated heterocycles. The molecule has 0 atom stereocenters. The van der Waals surface area contributed by atoms with Crippen molar-refractivity contribution in [2.45, 2.75) is 5.22 Å². The fourth-order valence-electron chi connectivity index (χ4n) is 0.943. The number of benzene rings is 1. The first-order valence-electron chi connectivity index (χ1n) is 3.36. The maximum atomic E-state index is 10.1. The van der Waals surface area contributed by atoms with E-state index < -0.39 is 0 Å². The molecule has 60 valence electrons. The third kappa shape index (κ3) is 1.21. The fraction of sp³-hybridized carbons (Fsp3) is 0. The van der Waals surface area contributed by atoms with Crippen molar-refractivity contribution in [1.29, 1.82) is 0 Å². The van der Waals surface area contributed by atoms with E-state index in [2.05, 4.69) is 4.98 Å². The third-order valence-electron chi connectivity index (χ3n) is 1.42. The summed E-state index contributed by atoms with van der Waals surface area (Å²) in [5, 5.41) is 0.395. The van der Waals surface area contributed by atoms with E-state index in [0.29, 0.717) is 16.4 Å². The summed E-state index contributed by atoms with van der Waals surface area (Å²) >= 11 is 0.943. The predicted molar refractivity (Wildman–Crippen MR) is 46.6 cm³/mol. The van der Waals surface area contributed by atoms with Gasteiger partial charge in [-0.25, -0.2) is 4.98 Å². The van der Waals surface area contributed by atoms with Crippen molar-refractivity contribution < 1.29 is 9.21 Å². The number of nitrogens with zero attached hydrogens (tertiary/aromatic N) is 1. The predicted octanol–water partition coefficient (Wildman–Crippen LogP) is 2.11. The summed E-state index contributed by atoms with van der Waals surface area (Å²) in [7, 11) is 0. The Bertz CT molecular complexity index is 377. The van der Waals surface area contributed by atoms with Gasteiger partial charge in [0.15, 0.2) is 11.2 Å². The molecule has 1 aromatic carbocycles. The molecule has 0 aliphatic heterocycles. The minimum absolute atomic E-state index is 0.395. The molecule has 0 unspecified atom stereocenters. The molecule has 3 nitrogen and oxygen atoms in total. The highest BCUT2D eigenvalue weighted by atomic mass is 32.2. The van der Waals surface area contributed by atoms with Crippen LogP contribution in [0.5, 0.6) is 0 Å².